The molecule has 1 N–H and O–H groups in total. The lowest BCUT2D eigenvalue weighted by Crippen LogP contribution is -2.30. The lowest BCUT2D eigenvalue weighted by atomic mass is 10.2. The van der Waals surface area contributed by atoms with E-state index in [1.165, 1.54) is 6.92 Å². The number of nitrogens with one attached hydrogen (secondary N) is 1. The number of hydrogen-bond donors (Lipinski definition) is 1. The first-order valence-electron chi connectivity index (χ1n) is 6.77. The largest absolute Gasteiger partial charge is 0.449 e. The average molecular weight is 373 g/mol. The Bertz CT molecular complexity index is 783. The molecule has 0 saturated heterocycles. The Balaban J connectivity index is 1.99. The van der Waals surface area contributed by atoms with E-state index < -0.39 is 18.0 Å². The first-order chi connectivity index (χ1) is 11.0. The molecule has 0 spiro atoms. The molecule has 0 heterocycles. The molecule has 0 bridgehead atoms. The zero-order valence-corrected chi connectivity index (χ0v) is 13.8. The van der Waals surface area contributed by atoms with Gasteiger partial charge in [-0.15, -0.1) is 0 Å². The van der Waals surface area contributed by atoms with Crippen LogP contribution in [-0.2, 0) is 9.53 Å². The molecule has 6 heteroatoms. The van der Waals surface area contributed by atoms with Crippen LogP contribution in [0.5, 0.6) is 0 Å². The van der Waals surface area contributed by atoms with E-state index in [9.17, 15) is 9.59 Å². The summed E-state index contributed by atoms with van der Waals surface area (Å²) in [7, 11) is 0. The Morgan fingerprint density at radius 2 is 1.96 bits per heavy atom. The molecule has 2 aromatic carbocycles. The third-order valence-corrected chi connectivity index (χ3v) is 3.47. The van der Waals surface area contributed by atoms with Gasteiger partial charge in [0.1, 0.15) is 0 Å². The van der Waals surface area contributed by atoms with Crippen molar-refractivity contribution in [3.63, 3.8) is 0 Å². The van der Waals surface area contributed by atoms with Gasteiger partial charge in [0.25, 0.3) is 5.91 Å². The van der Waals surface area contributed by atoms with Gasteiger partial charge in [-0.3, -0.25) is 4.79 Å². The molecule has 0 radical (unpaired) electrons. The lowest BCUT2D eigenvalue weighted by Gasteiger charge is -2.13. The number of ether oxygens (including phenoxy) is 1. The van der Waals surface area contributed by atoms with Crippen LogP contribution in [-0.4, -0.2) is 18.0 Å². The summed E-state index contributed by atoms with van der Waals surface area (Å²) in [5.74, 6) is -1.05. The monoisotopic (exact) mass is 372 g/mol. The van der Waals surface area contributed by atoms with Crippen LogP contribution in [0.3, 0.4) is 0 Å². The fraction of sp³-hybridized carbons (Fsp3) is 0.118. The third-order valence-electron chi connectivity index (χ3n) is 2.97. The lowest BCUT2D eigenvalue weighted by molar-refractivity contribution is -0.123. The second-order valence-electron chi connectivity index (χ2n) is 4.74. The fourth-order valence-electron chi connectivity index (χ4n) is 1.81. The number of hydrogen-bond acceptors (Lipinski definition) is 4. The molecule has 0 aromatic heterocycles. The van der Waals surface area contributed by atoms with Crippen molar-refractivity contribution in [1.29, 1.82) is 5.26 Å². The highest BCUT2D eigenvalue weighted by Gasteiger charge is 2.19. The van der Waals surface area contributed by atoms with Crippen molar-refractivity contribution >= 4 is 33.5 Å². The van der Waals surface area contributed by atoms with E-state index in [0.29, 0.717) is 16.8 Å². The van der Waals surface area contributed by atoms with Crippen molar-refractivity contribution in [2.45, 2.75) is 13.0 Å². The number of benzene rings is 2. The molecule has 0 saturated carbocycles. The molecule has 0 aliphatic rings. The Hall–Kier alpha value is -2.65. The normalized spacial score (nSPS) is 11.2. The van der Waals surface area contributed by atoms with Crippen molar-refractivity contribution in [2.24, 2.45) is 0 Å². The predicted molar refractivity (Wildman–Crippen MR) is 88.8 cm³/mol. The summed E-state index contributed by atoms with van der Waals surface area (Å²) in [5.41, 5.74) is 1.26. The maximum absolute atomic E-state index is 12.1. The highest BCUT2D eigenvalue weighted by molar-refractivity contribution is 9.10. The SMILES string of the molecule is C[C@H](OC(=O)c1cccc(Br)c1)C(=O)Nc1cccc(C#N)c1. The van der Waals surface area contributed by atoms with Crippen molar-refractivity contribution in [3.8, 4) is 6.07 Å². The van der Waals surface area contributed by atoms with Gasteiger partial charge in [0.2, 0.25) is 0 Å². The molecule has 2 aromatic rings. The molecule has 0 fully saturated rings. The standard InChI is InChI=1S/C17H13BrN2O3/c1-11(23-17(22)13-5-3-6-14(18)9-13)16(21)20-15-7-2-4-12(8-15)10-19/h2-9,11H,1H3,(H,20,21)/t11-/m0/s1. The van der Waals surface area contributed by atoms with Gasteiger partial charge in [-0.05, 0) is 43.3 Å². The van der Waals surface area contributed by atoms with Crippen molar-refractivity contribution < 1.29 is 14.3 Å². The molecule has 0 aliphatic carbocycles. The molecule has 0 aliphatic heterocycles. The maximum Gasteiger partial charge on any atom is 0.338 e. The van der Waals surface area contributed by atoms with Gasteiger partial charge in [0.05, 0.1) is 17.2 Å². The van der Waals surface area contributed by atoms with Gasteiger partial charge in [-0.1, -0.05) is 28.1 Å². The summed E-state index contributed by atoms with van der Waals surface area (Å²) in [5, 5.41) is 11.4. The number of anilines is 1. The summed E-state index contributed by atoms with van der Waals surface area (Å²) in [6.07, 6.45) is -0.966. The van der Waals surface area contributed by atoms with E-state index in [-0.39, 0.29) is 0 Å². The zero-order valence-electron chi connectivity index (χ0n) is 12.2. The number of amides is 1. The minimum absolute atomic E-state index is 0.352. The minimum atomic E-state index is -0.966. The van der Waals surface area contributed by atoms with Crippen LogP contribution in [0.1, 0.15) is 22.8 Å². The van der Waals surface area contributed by atoms with Crippen molar-refractivity contribution in [1.82, 2.24) is 0 Å². The second-order valence-corrected chi connectivity index (χ2v) is 5.66. The zero-order chi connectivity index (χ0) is 16.8. The van der Waals surface area contributed by atoms with Crippen molar-refractivity contribution in [2.75, 3.05) is 5.32 Å². The molecule has 1 atom stereocenters. The predicted octanol–water partition coefficient (Wildman–Crippen LogP) is 3.50. The van der Waals surface area contributed by atoms with Gasteiger partial charge >= 0.3 is 5.97 Å². The summed E-state index contributed by atoms with van der Waals surface area (Å²) in [6.45, 7) is 1.49. The Labute approximate surface area is 142 Å². The number of rotatable bonds is 4. The highest BCUT2D eigenvalue weighted by Crippen LogP contribution is 2.14. The molecule has 0 unspecified atom stereocenters. The topological polar surface area (TPSA) is 79.2 Å². The molecule has 116 valence electrons. The summed E-state index contributed by atoms with van der Waals surface area (Å²) in [4.78, 5) is 24.1. The number of carbonyl (C=O) groups excluding carboxylic acids is 2. The van der Waals surface area contributed by atoms with Gasteiger partial charge < -0.3 is 10.1 Å². The molecule has 2 rings (SSSR count). The van der Waals surface area contributed by atoms with Gasteiger partial charge in [0.15, 0.2) is 6.10 Å². The second kappa shape index (κ2) is 7.56. The van der Waals surface area contributed by atoms with E-state index in [2.05, 4.69) is 21.2 Å². The fourth-order valence-corrected chi connectivity index (χ4v) is 2.21. The van der Waals surface area contributed by atoms with Gasteiger partial charge in [-0.25, -0.2) is 4.79 Å². The first kappa shape index (κ1) is 16.7. The number of carbonyl (C=O) groups is 2. The number of halogens is 1. The smallest absolute Gasteiger partial charge is 0.338 e. The minimum Gasteiger partial charge on any atom is -0.449 e. The third kappa shape index (κ3) is 4.66. The highest BCUT2D eigenvalue weighted by atomic mass is 79.9. The summed E-state index contributed by atoms with van der Waals surface area (Å²) >= 11 is 3.27. The first-order valence-corrected chi connectivity index (χ1v) is 7.56. The number of nitriles is 1. The summed E-state index contributed by atoms with van der Waals surface area (Å²) < 4.78 is 5.89. The molecular weight excluding hydrogens is 360 g/mol. The quantitative estimate of drug-likeness (QED) is 0.832. The Morgan fingerprint density at radius 1 is 1.22 bits per heavy atom. The van der Waals surface area contributed by atoms with Crippen LogP contribution in [0.2, 0.25) is 0 Å². The maximum atomic E-state index is 12.1. The molecular formula is C17H13BrN2O3. The van der Waals surface area contributed by atoms with E-state index >= 15 is 0 Å². The van der Waals surface area contributed by atoms with Crippen LogP contribution >= 0.6 is 15.9 Å². The van der Waals surface area contributed by atoms with E-state index in [0.717, 1.165) is 4.47 Å². The van der Waals surface area contributed by atoms with Crippen LogP contribution in [0, 0.1) is 11.3 Å². The molecule has 5 nitrogen and oxygen atoms in total. The van der Waals surface area contributed by atoms with Gasteiger partial charge in [0, 0.05) is 10.2 Å². The van der Waals surface area contributed by atoms with Crippen LogP contribution in [0.25, 0.3) is 0 Å². The van der Waals surface area contributed by atoms with E-state index in [1.807, 2.05) is 6.07 Å². The van der Waals surface area contributed by atoms with Gasteiger partial charge in [-0.2, -0.15) is 5.26 Å². The van der Waals surface area contributed by atoms with E-state index in [4.69, 9.17) is 10.00 Å². The Morgan fingerprint density at radius 3 is 2.65 bits per heavy atom. The number of esters is 1. The Kier molecular flexibility index (Phi) is 5.50. The van der Waals surface area contributed by atoms with Crippen LogP contribution in [0.4, 0.5) is 5.69 Å². The number of nitrogens with zero attached hydrogens (tertiary/aromatic N) is 1. The average Bonchev–Trinajstić information content (AvgIpc) is 2.54. The molecule has 1 amide bonds. The van der Waals surface area contributed by atoms with Crippen LogP contribution in [0.15, 0.2) is 53.0 Å². The molecule has 23 heavy (non-hydrogen) atoms. The van der Waals surface area contributed by atoms with Crippen LogP contribution < -0.4 is 5.32 Å². The summed E-state index contributed by atoms with van der Waals surface area (Å²) in [6, 6.07) is 15.2. The van der Waals surface area contributed by atoms with E-state index in [1.54, 1.807) is 48.5 Å². The van der Waals surface area contributed by atoms with Crippen molar-refractivity contribution in [3.05, 3.63) is 64.1 Å².